The summed E-state index contributed by atoms with van der Waals surface area (Å²) in [4.78, 5) is 17.4. The number of pyridine rings is 1. The zero-order valence-corrected chi connectivity index (χ0v) is 16.6. The van der Waals surface area contributed by atoms with Crippen molar-refractivity contribution >= 4 is 5.82 Å². The molecular formula is C21H24F3N5O. The highest BCUT2D eigenvalue weighted by Gasteiger charge is 2.37. The molecule has 0 N–H and O–H groups in total. The summed E-state index contributed by atoms with van der Waals surface area (Å²) in [6.45, 7) is 3.27. The van der Waals surface area contributed by atoms with E-state index < -0.39 is 11.7 Å². The second-order valence-corrected chi connectivity index (χ2v) is 8.38. The topological polar surface area (TPSA) is 54.4 Å². The second kappa shape index (κ2) is 7.68. The summed E-state index contributed by atoms with van der Waals surface area (Å²) in [6, 6.07) is 2.86. The number of aromatic nitrogens is 3. The highest BCUT2D eigenvalue weighted by atomic mass is 19.4. The molecule has 1 aliphatic carbocycles. The Morgan fingerprint density at radius 3 is 2.50 bits per heavy atom. The zero-order chi connectivity index (χ0) is 20.7. The maximum atomic E-state index is 12.8. The van der Waals surface area contributed by atoms with Crippen molar-refractivity contribution < 1.29 is 17.9 Å². The van der Waals surface area contributed by atoms with E-state index in [0.717, 1.165) is 57.0 Å². The van der Waals surface area contributed by atoms with Gasteiger partial charge in [-0.2, -0.15) is 13.2 Å². The molecule has 2 aliphatic heterocycles. The minimum Gasteiger partial charge on any atom is -0.472 e. The van der Waals surface area contributed by atoms with Crippen LogP contribution in [0.15, 0.2) is 30.7 Å². The maximum Gasteiger partial charge on any atom is 0.417 e. The van der Waals surface area contributed by atoms with Crippen LogP contribution in [-0.2, 0) is 6.18 Å². The van der Waals surface area contributed by atoms with Gasteiger partial charge in [0, 0.05) is 50.8 Å². The van der Waals surface area contributed by atoms with Gasteiger partial charge in [0.2, 0.25) is 5.88 Å². The van der Waals surface area contributed by atoms with Gasteiger partial charge in [-0.15, -0.1) is 0 Å². The highest BCUT2D eigenvalue weighted by molar-refractivity contribution is 5.40. The minimum absolute atomic E-state index is 0.0385. The Balaban J connectivity index is 1.21. The van der Waals surface area contributed by atoms with Crippen molar-refractivity contribution in [1.29, 1.82) is 0 Å². The second-order valence-electron chi connectivity index (χ2n) is 8.38. The highest BCUT2D eigenvalue weighted by Crippen LogP contribution is 2.38. The lowest BCUT2D eigenvalue weighted by Crippen LogP contribution is -2.37. The van der Waals surface area contributed by atoms with Crippen LogP contribution in [-0.4, -0.2) is 58.2 Å². The molecule has 2 aromatic rings. The van der Waals surface area contributed by atoms with E-state index in [1.165, 1.54) is 18.9 Å². The molecule has 0 amide bonds. The lowest BCUT2D eigenvalue weighted by Gasteiger charge is -2.26. The van der Waals surface area contributed by atoms with Crippen molar-refractivity contribution in [2.24, 2.45) is 0 Å². The molecule has 3 aliphatic rings. The summed E-state index contributed by atoms with van der Waals surface area (Å²) in [5.74, 6) is 1.72. The Labute approximate surface area is 173 Å². The summed E-state index contributed by atoms with van der Waals surface area (Å²) in [5.41, 5.74) is 0.327. The first-order chi connectivity index (χ1) is 14.5. The first kappa shape index (κ1) is 19.5. The molecule has 9 heteroatoms. The van der Waals surface area contributed by atoms with E-state index in [9.17, 15) is 13.2 Å². The van der Waals surface area contributed by atoms with E-state index in [-0.39, 0.29) is 12.1 Å². The number of hydrogen-bond donors (Lipinski definition) is 0. The molecule has 160 valence electrons. The first-order valence-electron chi connectivity index (χ1n) is 10.5. The first-order valence-corrected chi connectivity index (χ1v) is 10.5. The molecule has 2 aromatic heterocycles. The fourth-order valence-electron chi connectivity index (χ4n) is 4.39. The summed E-state index contributed by atoms with van der Waals surface area (Å²) >= 11 is 0. The van der Waals surface area contributed by atoms with Crippen LogP contribution in [0.1, 0.15) is 42.9 Å². The van der Waals surface area contributed by atoms with Crippen molar-refractivity contribution in [3.05, 3.63) is 42.0 Å². The Morgan fingerprint density at radius 2 is 1.83 bits per heavy atom. The third kappa shape index (κ3) is 4.21. The van der Waals surface area contributed by atoms with E-state index in [4.69, 9.17) is 4.74 Å². The number of halogens is 3. The smallest absolute Gasteiger partial charge is 0.417 e. The van der Waals surface area contributed by atoms with E-state index in [1.807, 2.05) is 6.20 Å². The molecule has 5 rings (SSSR count). The molecule has 2 saturated heterocycles. The van der Waals surface area contributed by atoms with Crippen LogP contribution in [0.25, 0.3) is 0 Å². The van der Waals surface area contributed by atoms with Gasteiger partial charge in [0.15, 0.2) is 0 Å². The van der Waals surface area contributed by atoms with Crippen LogP contribution in [0.4, 0.5) is 19.0 Å². The average Bonchev–Trinajstić information content (AvgIpc) is 3.53. The largest absolute Gasteiger partial charge is 0.472 e. The van der Waals surface area contributed by atoms with Gasteiger partial charge in [-0.1, -0.05) is 0 Å². The molecule has 0 unspecified atom stereocenters. The van der Waals surface area contributed by atoms with Gasteiger partial charge in [0.1, 0.15) is 11.9 Å². The van der Waals surface area contributed by atoms with Crippen molar-refractivity contribution in [3.8, 4) is 5.88 Å². The maximum absolute atomic E-state index is 12.8. The van der Waals surface area contributed by atoms with E-state index in [2.05, 4.69) is 24.8 Å². The number of nitrogens with zero attached hydrogens (tertiary/aromatic N) is 5. The third-order valence-electron chi connectivity index (χ3n) is 6.12. The normalized spacial score (nSPS) is 25.1. The lowest BCUT2D eigenvalue weighted by molar-refractivity contribution is -0.137. The minimum atomic E-state index is -4.36. The fraction of sp³-hybridized carbons (Fsp3) is 0.571. The van der Waals surface area contributed by atoms with E-state index in [0.29, 0.717) is 17.6 Å². The van der Waals surface area contributed by atoms with E-state index >= 15 is 0 Å². The number of hydrogen-bond acceptors (Lipinski definition) is 6. The standard InChI is InChI=1S/C21H24F3N5O/c22-21(23,24)15-4-5-19(26-9-15)29-7-1-6-28-13-17(8-16(28)12-29)30-20-11-25-18(10-27-20)14-2-3-14/h4-5,9-11,14,16-17H,1-3,6-8,12-13H2/t16-,17-/m0/s1. The van der Waals surface area contributed by atoms with Crippen LogP contribution in [0.3, 0.4) is 0 Å². The molecule has 6 nitrogen and oxygen atoms in total. The van der Waals surface area contributed by atoms with Crippen molar-refractivity contribution in [1.82, 2.24) is 19.9 Å². The summed E-state index contributed by atoms with van der Waals surface area (Å²) < 4.78 is 44.5. The monoisotopic (exact) mass is 419 g/mol. The van der Waals surface area contributed by atoms with E-state index in [1.54, 1.807) is 6.20 Å². The number of fused-ring (bicyclic) bond motifs is 1. The van der Waals surface area contributed by atoms with Crippen molar-refractivity contribution in [2.45, 2.75) is 49.9 Å². The molecule has 0 spiro atoms. The Bertz CT molecular complexity index is 870. The summed E-state index contributed by atoms with van der Waals surface area (Å²) in [7, 11) is 0. The van der Waals surface area contributed by atoms with Gasteiger partial charge >= 0.3 is 6.18 Å². The third-order valence-corrected chi connectivity index (χ3v) is 6.12. The molecule has 0 radical (unpaired) electrons. The Morgan fingerprint density at radius 1 is 0.967 bits per heavy atom. The number of rotatable bonds is 4. The average molecular weight is 419 g/mol. The molecule has 3 fully saturated rings. The Hall–Kier alpha value is -2.42. The lowest BCUT2D eigenvalue weighted by atomic mass is 10.2. The molecular weight excluding hydrogens is 395 g/mol. The fourth-order valence-corrected chi connectivity index (χ4v) is 4.39. The quantitative estimate of drug-likeness (QED) is 0.756. The van der Waals surface area contributed by atoms with Crippen LogP contribution in [0.2, 0.25) is 0 Å². The Kier molecular flexibility index (Phi) is 5.00. The zero-order valence-electron chi connectivity index (χ0n) is 16.6. The van der Waals surface area contributed by atoms with Crippen molar-refractivity contribution in [2.75, 3.05) is 31.1 Å². The van der Waals surface area contributed by atoms with Crippen molar-refractivity contribution in [3.63, 3.8) is 0 Å². The van der Waals surface area contributed by atoms with Gasteiger partial charge in [0.25, 0.3) is 0 Å². The predicted octanol–water partition coefficient (Wildman–Crippen LogP) is 3.50. The molecule has 30 heavy (non-hydrogen) atoms. The van der Waals surface area contributed by atoms with Gasteiger partial charge in [-0.25, -0.2) is 9.97 Å². The van der Waals surface area contributed by atoms with Crippen LogP contribution in [0.5, 0.6) is 5.88 Å². The SMILES string of the molecule is FC(F)(F)c1ccc(N2CCCN3C[C@@H](Oc4cnc(C5CC5)cn4)C[C@H]3C2)nc1. The number of ether oxygens (including phenoxy) is 1. The van der Waals surface area contributed by atoms with Gasteiger partial charge < -0.3 is 9.64 Å². The van der Waals surface area contributed by atoms with Gasteiger partial charge in [-0.05, 0) is 31.4 Å². The van der Waals surface area contributed by atoms with Gasteiger partial charge in [0.05, 0.1) is 23.7 Å². The molecule has 2 atom stereocenters. The number of alkyl halides is 3. The molecule has 0 bridgehead atoms. The number of anilines is 1. The molecule has 1 saturated carbocycles. The predicted molar refractivity (Wildman–Crippen MR) is 104 cm³/mol. The van der Waals surface area contributed by atoms with Crippen LogP contribution >= 0.6 is 0 Å². The summed E-state index contributed by atoms with van der Waals surface area (Å²) in [5, 5.41) is 0. The molecule has 4 heterocycles. The van der Waals surface area contributed by atoms with Crippen LogP contribution in [0, 0.1) is 0 Å². The van der Waals surface area contributed by atoms with Crippen LogP contribution < -0.4 is 9.64 Å². The summed E-state index contributed by atoms with van der Waals surface area (Å²) in [6.07, 6.45) is 4.30. The van der Waals surface area contributed by atoms with Gasteiger partial charge in [-0.3, -0.25) is 9.88 Å². The molecule has 0 aromatic carbocycles.